The minimum absolute atomic E-state index is 0.133. The molecule has 12 nitrogen and oxygen atoms in total. The Hall–Kier alpha value is -5.20. The maximum absolute atomic E-state index is 11.7. The van der Waals surface area contributed by atoms with E-state index in [-0.39, 0.29) is 11.6 Å². The van der Waals surface area contributed by atoms with Crippen molar-refractivity contribution in [2.45, 2.75) is 52.4 Å². The number of carboxylic acid groups (broad SMARTS) is 1. The Morgan fingerprint density at radius 3 is 1.71 bits per heavy atom. The van der Waals surface area contributed by atoms with Crippen molar-refractivity contribution >= 4 is 81.3 Å². The highest BCUT2D eigenvalue weighted by molar-refractivity contribution is 6.34. The quantitative estimate of drug-likeness (QED) is 0.0937. The number of ketones is 2. The number of amides is 1. The van der Waals surface area contributed by atoms with Crippen LogP contribution in [0.2, 0.25) is 10.0 Å². The van der Waals surface area contributed by atoms with Gasteiger partial charge in [0.05, 0.1) is 21.4 Å². The Morgan fingerprint density at radius 2 is 1.27 bits per heavy atom. The Morgan fingerprint density at radius 1 is 0.771 bits per heavy atom. The molecule has 6 N–H and O–H groups in total. The van der Waals surface area contributed by atoms with Crippen LogP contribution in [0, 0.1) is 0 Å². The number of hydrogen-bond donors (Lipinski definition) is 5. The second-order valence-corrected chi connectivity index (χ2v) is 11.5. The van der Waals surface area contributed by atoms with E-state index in [4.69, 9.17) is 34.0 Å². The number of nitrogens with two attached hydrogens (primary N) is 1. The van der Waals surface area contributed by atoms with Gasteiger partial charge in [0.25, 0.3) is 0 Å². The van der Waals surface area contributed by atoms with E-state index in [0.717, 1.165) is 72.6 Å². The number of Topliss-reactive ketones (excluding diaryl/α,β-unsaturated/α-hetero) is 2. The third-order valence-corrected chi connectivity index (χ3v) is 7.76. The number of halogens is 2. The van der Waals surface area contributed by atoms with Gasteiger partial charge in [0.15, 0.2) is 11.6 Å². The lowest BCUT2D eigenvalue weighted by atomic mass is 9.96. The zero-order valence-corrected chi connectivity index (χ0v) is 27.7. The van der Waals surface area contributed by atoms with Gasteiger partial charge in [-0.3, -0.25) is 14.4 Å². The molecule has 48 heavy (non-hydrogen) atoms. The molecule has 1 amide bonds. The number of anilines is 4. The smallest absolute Gasteiger partial charge is 0.338 e. The maximum atomic E-state index is 11.7. The topological polar surface area (TPSA) is 194 Å². The van der Waals surface area contributed by atoms with Crippen molar-refractivity contribution in [3.63, 3.8) is 0 Å². The summed E-state index contributed by atoms with van der Waals surface area (Å²) in [7, 11) is 0. The van der Waals surface area contributed by atoms with Crippen molar-refractivity contribution in [2.75, 3.05) is 21.7 Å². The van der Waals surface area contributed by atoms with Crippen molar-refractivity contribution in [1.82, 2.24) is 0 Å². The number of rotatable bonds is 7. The summed E-state index contributed by atoms with van der Waals surface area (Å²) in [6.07, 6.45) is 8.43. The molecule has 0 saturated carbocycles. The summed E-state index contributed by atoms with van der Waals surface area (Å²) in [5.41, 5.74) is 11.5. The standard InChI is InChI=1S/C17H17ClN2O4.C13H15ClN2O.C4H2O3/c1-10-13(3-2-4-15(10)21)20-14-6-5-11(9-12(14)18)19-16(22)7-8-17(23)24;1-8-11(3-2-4-13(8)17)16-12-6-5-9(15)7-10(12)14;5-3-1-2-4(6)7-3/h5-9,20H,2-4H2,1H3,(H,19,22)(H,23,24);5-7,16H,2-4,15H2,1H3;1-2H/b8-7-;;. The molecule has 2 aromatic rings. The number of carbonyl (C=O) groups excluding carboxylic acids is 5. The number of aliphatic carboxylic acids is 1. The lowest BCUT2D eigenvalue weighted by Crippen LogP contribution is -2.14. The summed E-state index contributed by atoms with van der Waals surface area (Å²) >= 11 is 12.3. The summed E-state index contributed by atoms with van der Waals surface area (Å²) in [4.78, 5) is 65.1. The zero-order valence-electron chi connectivity index (χ0n) is 26.2. The summed E-state index contributed by atoms with van der Waals surface area (Å²) < 4.78 is 3.97. The van der Waals surface area contributed by atoms with E-state index in [2.05, 4.69) is 20.7 Å². The highest BCUT2D eigenvalue weighted by atomic mass is 35.5. The summed E-state index contributed by atoms with van der Waals surface area (Å²) in [5, 5.41) is 18.4. The predicted octanol–water partition coefficient (Wildman–Crippen LogP) is 6.35. The molecule has 0 aromatic heterocycles. The number of hydrogen-bond acceptors (Lipinski definition) is 10. The normalized spacial score (nSPS) is 15.8. The fraction of sp³-hybridized carbons (Fsp3) is 0.235. The number of ether oxygens (including phenoxy) is 1. The second kappa shape index (κ2) is 17.6. The minimum atomic E-state index is -1.20. The van der Waals surface area contributed by atoms with Crippen LogP contribution in [-0.2, 0) is 33.5 Å². The third kappa shape index (κ3) is 11.6. The van der Waals surface area contributed by atoms with Gasteiger partial charge in [0.2, 0.25) is 5.91 Å². The van der Waals surface area contributed by atoms with Crippen molar-refractivity contribution < 1.29 is 38.6 Å². The molecule has 3 aliphatic rings. The van der Waals surface area contributed by atoms with E-state index in [1.54, 1.807) is 37.3 Å². The average Bonchev–Trinajstić information content (AvgIpc) is 3.42. The van der Waals surface area contributed by atoms with Gasteiger partial charge in [-0.15, -0.1) is 0 Å². The van der Waals surface area contributed by atoms with Crippen molar-refractivity contribution in [3.05, 3.63) is 93.3 Å². The molecule has 0 atom stereocenters. The van der Waals surface area contributed by atoms with Crippen LogP contribution in [0.25, 0.3) is 0 Å². The van der Waals surface area contributed by atoms with Crippen LogP contribution >= 0.6 is 23.2 Å². The first-order valence-electron chi connectivity index (χ1n) is 14.7. The number of carbonyl (C=O) groups is 6. The van der Waals surface area contributed by atoms with E-state index in [9.17, 15) is 28.8 Å². The molecule has 252 valence electrons. The molecule has 2 aliphatic carbocycles. The molecule has 0 saturated heterocycles. The lowest BCUT2D eigenvalue weighted by molar-refractivity contribution is -0.150. The Kier molecular flexibility index (Phi) is 13.7. The SMILES string of the molecule is CC1=C(Nc2ccc(N)cc2Cl)CCCC1=O.CC1=C(Nc2ccc(NC(=O)/C=C\C(=O)O)cc2Cl)CCCC1=O.O=C1C=CC(=O)O1. The van der Waals surface area contributed by atoms with Gasteiger partial charge in [-0.05, 0) is 75.9 Å². The fourth-order valence-electron chi connectivity index (χ4n) is 4.54. The minimum Gasteiger partial charge on any atom is -0.478 e. The van der Waals surface area contributed by atoms with Crippen LogP contribution < -0.4 is 21.7 Å². The molecule has 1 aliphatic heterocycles. The number of esters is 2. The largest absolute Gasteiger partial charge is 0.478 e. The molecule has 0 fully saturated rings. The Balaban J connectivity index is 0.000000224. The average molecular weight is 698 g/mol. The van der Waals surface area contributed by atoms with Crippen LogP contribution in [-0.4, -0.2) is 40.5 Å². The van der Waals surface area contributed by atoms with Gasteiger partial charge < -0.3 is 31.5 Å². The van der Waals surface area contributed by atoms with E-state index in [1.807, 2.05) is 13.0 Å². The van der Waals surface area contributed by atoms with Crippen molar-refractivity contribution in [2.24, 2.45) is 0 Å². The number of allylic oxidation sites excluding steroid dienone is 4. The first-order chi connectivity index (χ1) is 22.7. The number of benzene rings is 2. The van der Waals surface area contributed by atoms with Gasteiger partial charge in [-0.2, -0.15) is 0 Å². The van der Waals surface area contributed by atoms with Crippen LogP contribution in [0.4, 0.5) is 22.7 Å². The highest BCUT2D eigenvalue weighted by Gasteiger charge is 2.18. The van der Waals surface area contributed by atoms with Gasteiger partial charge in [-0.1, -0.05) is 23.2 Å². The van der Waals surface area contributed by atoms with E-state index in [0.29, 0.717) is 45.5 Å². The van der Waals surface area contributed by atoms with Gasteiger partial charge in [0.1, 0.15) is 0 Å². The van der Waals surface area contributed by atoms with Crippen LogP contribution in [0.5, 0.6) is 0 Å². The number of cyclic esters (lactones) is 2. The molecule has 14 heteroatoms. The first kappa shape index (κ1) is 37.3. The molecular weight excluding hydrogens is 663 g/mol. The molecule has 0 unspecified atom stereocenters. The molecule has 2 aromatic carbocycles. The lowest BCUT2D eigenvalue weighted by Gasteiger charge is -2.19. The zero-order chi connectivity index (χ0) is 35.4. The van der Waals surface area contributed by atoms with Crippen molar-refractivity contribution in [3.8, 4) is 0 Å². The predicted molar refractivity (Wildman–Crippen MR) is 183 cm³/mol. The molecule has 0 spiro atoms. The monoisotopic (exact) mass is 696 g/mol. The summed E-state index contributed by atoms with van der Waals surface area (Å²) in [6, 6.07) is 10.2. The highest BCUT2D eigenvalue weighted by Crippen LogP contribution is 2.31. The van der Waals surface area contributed by atoms with Gasteiger partial charge >= 0.3 is 17.9 Å². The van der Waals surface area contributed by atoms with Gasteiger partial charge in [-0.25, -0.2) is 14.4 Å². The van der Waals surface area contributed by atoms with Crippen molar-refractivity contribution in [1.29, 1.82) is 0 Å². The Labute approximate surface area is 286 Å². The maximum Gasteiger partial charge on any atom is 0.338 e. The third-order valence-electron chi connectivity index (χ3n) is 7.14. The second-order valence-electron chi connectivity index (χ2n) is 10.7. The van der Waals surface area contributed by atoms with Crippen LogP contribution in [0.15, 0.2) is 83.2 Å². The van der Waals surface area contributed by atoms with Gasteiger partial charge in [0, 0.05) is 71.1 Å². The molecule has 0 bridgehead atoms. The fourth-order valence-corrected chi connectivity index (χ4v) is 5.00. The number of nitrogens with one attached hydrogen (secondary N) is 3. The van der Waals surface area contributed by atoms with E-state index in [1.165, 1.54) is 0 Å². The molecule has 5 rings (SSSR count). The Bertz CT molecular complexity index is 1740. The molecular formula is C34H34Cl2N4O8. The van der Waals surface area contributed by atoms with E-state index >= 15 is 0 Å². The summed E-state index contributed by atoms with van der Waals surface area (Å²) in [5.74, 6) is -2.58. The summed E-state index contributed by atoms with van der Waals surface area (Å²) in [6.45, 7) is 3.65. The van der Waals surface area contributed by atoms with Crippen LogP contribution in [0.3, 0.4) is 0 Å². The first-order valence-corrected chi connectivity index (χ1v) is 15.5. The molecule has 1 heterocycles. The van der Waals surface area contributed by atoms with Crippen LogP contribution in [0.1, 0.15) is 52.4 Å². The molecule has 0 radical (unpaired) electrons. The number of nitrogen functional groups attached to an aromatic ring is 1. The van der Waals surface area contributed by atoms with E-state index < -0.39 is 23.8 Å². The number of carboxylic acids is 1.